The van der Waals surface area contributed by atoms with Crippen LogP contribution in [0.2, 0.25) is 0 Å². The van der Waals surface area contributed by atoms with Crippen LogP contribution in [0.25, 0.3) is 99.0 Å². The molecular formula is C60H53N. The maximum absolute atomic E-state index is 2.43. The molecule has 298 valence electrons. The predicted octanol–water partition coefficient (Wildman–Crippen LogP) is 16.9. The predicted molar refractivity (Wildman–Crippen MR) is 265 cm³/mol. The second-order valence-electron chi connectivity index (χ2n) is 17.3. The highest BCUT2D eigenvalue weighted by Crippen LogP contribution is 2.51. The average Bonchev–Trinajstić information content (AvgIpc) is 3.63. The lowest BCUT2D eigenvalue weighted by Crippen LogP contribution is -2.03. The maximum Gasteiger partial charge on any atom is 0.0491 e. The summed E-state index contributed by atoms with van der Waals surface area (Å²) in [5.74, 6) is 0. The minimum atomic E-state index is 0.948. The zero-order valence-corrected chi connectivity index (χ0v) is 37.0. The molecule has 1 aromatic heterocycles. The van der Waals surface area contributed by atoms with E-state index in [4.69, 9.17) is 0 Å². The zero-order chi connectivity index (χ0) is 42.3. The number of rotatable bonds is 6. The molecule has 1 heteroatoms. The molecule has 0 radical (unpaired) electrons. The van der Waals surface area contributed by atoms with E-state index >= 15 is 0 Å². The van der Waals surface area contributed by atoms with Crippen molar-refractivity contribution in [3.05, 3.63) is 190 Å². The molecule has 0 unspecified atom stereocenters. The second kappa shape index (κ2) is 14.8. The number of benzene rings is 9. The van der Waals surface area contributed by atoms with Gasteiger partial charge in [-0.2, -0.15) is 0 Å². The first kappa shape index (κ1) is 38.5. The van der Waals surface area contributed by atoms with Gasteiger partial charge in [0.05, 0.1) is 0 Å². The fraction of sp³-hybridized carbons (Fsp3) is 0.167. The van der Waals surface area contributed by atoms with Crippen molar-refractivity contribution in [3.63, 3.8) is 0 Å². The number of aryl methyl sites for hydroxylation is 5. The van der Waals surface area contributed by atoms with Gasteiger partial charge in [-0.25, -0.2) is 0 Å². The van der Waals surface area contributed by atoms with Crippen LogP contribution in [0, 0.1) is 55.4 Å². The Kier molecular flexibility index (Phi) is 9.33. The van der Waals surface area contributed by atoms with Gasteiger partial charge in [-0.3, -0.25) is 0 Å². The molecule has 0 aliphatic carbocycles. The highest BCUT2D eigenvalue weighted by atomic mass is 15.0. The fourth-order valence-corrected chi connectivity index (χ4v) is 10.4. The topological polar surface area (TPSA) is 4.93 Å². The lowest BCUT2D eigenvalue weighted by Gasteiger charge is -2.27. The van der Waals surface area contributed by atoms with Crippen LogP contribution in [-0.2, 0) is 6.54 Å². The molecule has 1 heterocycles. The van der Waals surface area contributed by atoms with Gasteiger partial charge >= 0.3 is 0 Å². The van der Waals surface area contributed by atoms with Gasteiger partial charge in [0.15, 0.2) is 0 Å². The number of hydrogen-bond donors (Lipinski definition) is 0. The Bertz CT molecular complexity index is 3280. The van der Waals surface area contributed by atoms with E-state index in [-0.39, 0.29) is 0 Å². The molecule has 0 saturated heterocycles. The van der Waals surface area contributed by atoms with Crippen LogP contribution in [-0.4, -0.2) is 4.57 Å². The van der Waals surface area contributed by atoms with Crippen LogP contribution in [0.4, 0.5) is 0 Å². The lowest BCUT2D eigenvalue weighted by molar-refractivity contribution is 0.827. The number of hydrogen-bond acceptors (Lipinski definition) is 0. The van der Waals surface area contributed by atoms with Crippen LogP contribution in [0.5, 0.6) is 0 Å². The van der Waals surface area contributed by atoms with Crippen LogP contribution >= 0.6 is 0 Å². The second-order valence-corrected chi connectivity index (χ2v) is 17.3. The van der Waals surface area contributed by atoms with E-state index in [1.165, 1.54) is 143 Å². The molecule has 0 saturated carbocycles. The molecule has 10 aromatic rings. The van der Waals surface area contributed by atoms with Gasteiger partial charge in [0.2, 0.25) is 0 Å². The first-order valence-electron chi connectivity index (χ1n) is 21.9. The summed E-state index contributed by atoms with van der Waals surface area (Å²) in [5.41, 5.74) is 26.2. The quantitative estimate of drug-likeness (QED) is 0.148. The monoisotopic (exact) mass is 787 g/mol. The SMILES string of the molecule is CCn1c2ccccc2c2cc(-c3ccc(-c4c5c(C)c(C)c(C)c(C)c5c(-c5ccc(-c6ccc(-c7ccccc7)cc6)cc5)c5c(C)c(C)c(C)c(C)c45)cc3)ccc21. The molecule has 0 N–H and O–H groups in total. The summed E-state index contributed by atoms with van der Waals surface area (Å²) in [5, 5.41) is 8.11. The van der Waals surface area contributed by atoms with Crippen LogP contribution in [0.1, 0.15) is 51.4 Å². The van der Waals surface area contributed by atoms with Crippen molar-refractivity contribution in [2.45, 2.75) is 68.9 Å². The number of nitrogens with zero attached hydrogens (tertiary/aromatic N) is 1. The fourth-order valence-electron chi connectivity index (χ4n) is 10.4. The van der Waals surface area contributed by atoms with Gasteiger partial charge in [0.1, 0.15) is 0 Å². The summed E-state index contributed by atoms with van der Waals surface area (Å²) in [6, 6.07) is 54.3. The highest BCUT2D eigenvalue weighted by molar-refractivity contribution is 6.25. The molecule has 10 rings (SSSR count). The standard InChI is InChI=1S/C60H53N/c1-10-61-53-19-15-14-18-51(53)52-34-50(32-33-54(52)61)47-26-30-49(31-27-47)60-57-41(8)37(4)35(2)39(6)55(57)59(56-40(7)36(3)38(5)42(9)58(56)60)48-28-24-46(25-29-48)45-22-20-44(21-23-45)43-16-12-11-13-17-43/h11-34H,10H2,1-9H3. The van der Waals surface area contributed by atoms with Gasteiger partial charge in [0.25, 0.3) is 0 Å². The third kappa shape index (κ3) is 5.97. The Hall–Kier alpha value is -6.70. The van der Waals surface area contributed by atoms with Crippen LogP contribution < -0.4 is 0 Å². The normalized spacial score (nSPS) is 11.8. The molecule has 0 atom stereocenters. The van der Waals surface area contributed by atoms with Crippen molar-refractivity contribution in [2.24, 2.45) is 0 Å². The summed E-state index contributed by atoms with van der Waals surface area (Å²) >= 11 is 0. The summed E-state index contributed by atoms with van der Waals surface area (Å²) in [7, 11) is 0. The number of para-hydroxylation sites is 1. The minimum Gasteiger partial charge on any atom is -0.341 e. The number of aromatic nitrogens is 1. The van der Waals surface area contributed by atoms with Gasteiger partial charge in [0, 0.05) is 28.4 Å². The van der Waals surface area contributed by atoms with Crippen molar-refractivity contribution >= 4 is 43.4 Å². The van der Waals surface area contributed by atoms with Gasteiger partial charge in [-0.1, -0.05) is 127 Å². The molecular weight excluding hydrogens is 735 g/mol. The molecule has 0 aliphatic heterocycles. The molecule has 1 nitrogen and oxygen atoms in total. The Morgan fingerprint density at radius 2 is 0.623 bits per heavy atom. The molecule has 9 aromatic carbocycles. The van der Waals surface area contributed by atoms with Crippen molar-refractivity contribution in [2.75, 3.05) is 0 Å². The lowest BCUT2D eigenvalue weighted by atomic mass is 9.76. The smallest absolute Gasteiger partial charge is 0.0491 e. The van der Waals surface area contributed by atoms with Gasteiger partial charge < -0.3 is 4.57 Å². The van der Waals surface area contributed by atoms with Crippen molar-refractivity contribution in [1.29, 1.82) is 0 Å². The van der Waals surface area contributed by atoms with Gasteiger partial charge in [-0.15, -0.1) is 0 Å². The van der Waals surface area contributed by atoms with E-state index in [1.807, 2.05) is 0 Å². The first-order chi connectivity index (χ1) is 29.6. The highest BCUT2D eigenvalue weighted by Gasteiger charge is 2.26. The van der Waals surface area contributed by atoms with Crippen molar-refractivity contribution in [3.8, 4) is 55.6 Å². The third-order valence-electron chi connectivity index (χ3n) is 14.5. The van der Waals surface area contributed by atoms with E-state index in [2.05, 4.69) is 212 Å². The van der Waals surface area contributed by atoms with Crippen LogP contribution in [0.3, 0.4) is 0 Å². The summed E-state index contributed by atoms with van der Waals surface area (Å²) in [6.45, 7) is 21.8. The molecule has 0 amide bonds. The molecule has 0 bridgehead atoms. The zero-order valence-electron chi connectivity index (χ0n) is 37.0. The maximum atomic E-state index is 2.43. The summed E-state index contributed by atoms with van der Waals surface area (Å²) in [6.07, 6.45) is 0. The third-order valence-corrected chi connectivity index (χ3v) is 14.5. The Balaban J connectivity index is 1.18. The largest absolute Gasteiger partial charge is 0.341 e. The summed E-state index contributed by atoms with van der Waals surface area (Å²) < 4.78 is 2.43. The average molecular weight is 788 g/mol. The van der Waals surface area contributed by atoms with E-state index in [1.54, 1.807) is 0 Å². The van der Waals surface area contributed by atoms with E-state index in [9.17, 15) is 0 Å². The molecule has 61 heavy (non-hydrogen) atoms. The van der Waals surface area contributed by atoms with E-state index in [0.29, 0.717) is 0 Å². The summed E-state index contributed by atoms with van der Waals surface area (Å²) in [4.78, 5) is 0. The van der Waals surface area contributed by atoms with Gasteiger partial charge in [-0.05, 0) is 202 Å². The first-order valence-corrected chi connectivity index (χ1v) is 21.9. The minimum absolute atomic E-state index is 0.948. The molecule has 0 spiro atoms. The Morgan fingerprint density at radius 3 is 1.05 bits per heavy atom. The Labute approximate surface area is 361 Å². The number of fused-ring (bicyclic) bond motifs is 5. The Morgan fingerprint density at radius 1 is 0.295 bits per heavy atom. The van der Waals surface area contributed by atoms with E-state index in [0.717, 1.165) is 6.54 Å². The van der Waals surface area contributed by atoms with E-state index < -0.39 is 0 Å². The van der Waals surface area contributed by atoms with Crippen LogP contribution in [0.15, 0.2) is 146 Å². The van der Waals surface area contributed by atoms with Crippen molar-refractivity contribution in [1.82, 2.24) is 4.57 Å². The molecule has 0 fully saturated rings. The van der Waals surface area contributed by atoms with Crippen molar-refractivity contribution < 1.29 is 0 Å². The molecule has 0 aliphatic rings.